The summed E-state index contributed by atoms with van der Waals surface area (Å²) in [5.74, 6) is 2.04. The van der Waals surface area contributed by atoms with Gasteiger partial charge in [0.05, 0.1) is 8.07 Å². The average Bonchev–Trinajstić information content (AvgIpc) is 3.87. The van der Waals surface area contributed by atoms with Crippen LogP contribution in [0.25, 0.3) is 49.9 Å². The molecule has 0 bridgehead atoms. The molecule has 0 amide bonds. The van der Waals surface area contributed by atoms with Crippen LogP contribution in [0.5, 0.6) is 11.5 Å². The molecule has 5 nitrogen and oxygen atoms in total. The first-order chi connectivity index (χ1) is 32.7. The van der Waals surface area contributed by atoms with E-state index in [4.69, 9.17) is 9.72 Å². The number of para-hydroxylation sites is 1. The van der Waals surface area contributed by atoms with Crippen molar-refractivity contribution < 1.29 is 25.8 Å². The fourth-order valence-electron chi connectivity index (χ4n) is 9.40. The standard InChI is InChI=1S/C63H63N4OSi.Pt/c1-61(2,3)45-31-32-64-59(38-45)67-56-30-27-43(42-19-14-13-15-20-42)34-55(56)54-29-28-51(40-58(54)67)68-50-23-17-22-48(39-50)65-41-66(49-36-46(62(4,5)6)35-47(37-49)63(7,8)9)60-53(25-18-26-57(60)65)44-21-16-24-52(33-44)69(10,11)12;/h13-38,41H,1-12H3;/q-3;. The molecule has 0 radical (unpaired) electrons. The third kappa shape index (κ3) is 9.41. The van der Waals surface area contributed by atoms with Crippen molar-refractivity contribution in [1.29, 1.82) is 0 Å². The van der Waals surface area contributed by atoms with Crippen molar-refractivity contribution in [3.05, 3.63) is 193 Å². The van der Waals surface area contributed by atoms with Crippen molar-refractivity contribution in [1.82, 2.24) is 9.55 Å². The van der Waals surface area contributed by atoms with E-state index in [-0.39, 0.29) is 37.3 Å². The minimum absolute atomic E-state index is 0. The SMILES string of the molecule is CC(C)(C)c1cc(N2[CH-]N(c3[c-]c(Oc4[c-]c5c(cc4)c4cc(-c6ccccc6)ccc4n5-c4cc(C(C)(C)C)ccn4)ccc3)c3cccc(-c4cccc([Si](C)(C)C)c4)c32)cc(C(C)(C)C)c1.[Pt]. The number of hydrogen-bond donors (Lipinski definition) is 0. The zero-order valence-electron chi connectivity index (χ0n) is 42.6. The van der Waals surface area contributed by atoms with Crippen molar-refractivity contribution in [2.45, 2.75) is 98.2 Å². The first kappa shape index (κ1) is 48.8. The van der Waals surface area contributed by atoms with E-state index in [1.807, 2.05) is 18.3 Å². The summed E-state index contributed by atoms with van der Waals surface area (Å²) >= 11 is 0. The largest absolute Gasteiger partial charge is 0.509 e. The first-order valence-corrected chi connectivity index (χ1v) is 27.8. The fourth-order valence-corrected chi connectivity index (χ4v) is 10.6. The van der Waals surface area contributed by atoms with Crippen molar-refractivity contribution >= 4 is 57.8 Å². The Morgan fingerprint density at radius 3 is 1.91 bits per heavy atom. The maximum atomic E-state index is 6.79. The van der Waals surface area contributed by atoms with Crippen molar-refractivity contribution in [3.63, 3.8) is 0 Å². The maximum Gasteiger partial charge on any atom is 0.135 e. The smallest absolute Gasteiger partial charge is 0.135 e. The Hall–Kier alpha value is -6.20. The second-order valence-corrected chi connectivity index (χ2v) is 27.9. The van der Waals surface area contributed by atoms with Gasteiger partial charge >= 0.3 is 0 Å². The fraction of sp³-hybridized carbons (Fsp3) is 0.238. The molecule has 70 heavy (non-hydrogen) atoms. The molecule has 0 unspecified atom stereocenters. The van der Waals surface area contributed by atoms with Gasteiger partial charge in [0.25, 0.3) is 0 Å². The molecule has 0 fully saturated rings. The van der Waals surface area contributed by atoms with Crippen LogP contribution in [-0.2, 0) is 37.3 Å². The molecule has 1 aliphatic heterocycles. The predicted molar refractivity (Wildman–Crippen MR) is 294 cm³/mol. The van der Waals surface area contributed by atoms with Crippen LogP contribution in [0.2, 0.25) is 19.6 Å². The van der Waals surface area contributed by atoms with Gasteiger partial charge in [-0.05, 0) is 91.4 Å². The maximum absolute atomic E-state index is 6.79. The molecule has 2 aromatic heterocycles. The van der Waals surface area contributed by atoms with Crippen molar-refractivity contribution in [2.75, 3.05) is 9.80 Å². The van der Waals surface area contributed by atoms with E-state index in [1.54, 1.807) is 0 Å². The van der Waals surface area contributed by atoms with Crippen LogP contribution in [0.15, 0.2) is 158 Å². The molecule has 3 heterocycles. The summed E-state index contributed by atoms with van der Waals surface area (Å²) < 4.78 is 9.02. The van der Waals surface area contributed by atoms with Crippen LogP contribution >= 0.6 is 0 Å². The van der Waals surface area contributed by atoms with E-state index < -0.39 is 8.07 Å². The summed E-state index contributed by atoms with van der Waals surface area (Å²) in [5.41, 5.74) is 14.6. The van der Waals surface area contributed by atoms with Crippen LogP contribution < -0.4 is 19.7 Å². The summed E-state index contributed by atoms with van der Waals surface area (Å²) in [6.07, 6.45) is 1.92. The third-order valence-electron chi connectivity index (χ3n) is 13.5. The van der Waals surface area contributed by atoms with Crippen molar-refractivity contribution in [3.8, 4) is 39.6 Å². The van der Waals surface area contributed by atoms with Gasteiger partial charge in [-0.1, -0.05) is 178 Å². The predicted octanol–water partition coefficient (Wildman–Crippen LogP) is 16.7. The van der Waals surface area contributed by atoms with Crippen LogP contribution in [0.4, 0.5) is 22.7 Å². The van der Waals surface area contributed by atoms with E-state index in [2.05, 4.69) is 255 Å². The third-order valence-corrected chi connectivity index (χ3v) is 15.6. The number of aromatic nitrogens is 2. The summed E-state index contributed by atoms with van der Waals surface area (Å²) in [7, 11) is -1.59. The quantitative estimate of drug-likeness (QED) is 0.112. The number of hydrogen-bond acceptors (Lipinski definition) is 4. The Labute approximate surface area is 431 Å². The van der Waals surface area contributed by atoms with E-state index in [9.17, 15) is 0 Å². The van der Waals surface area contributed by atoms with Crippen molar-refractivity contribution in [2.24, 2.45) is 0 Å². The van der Waals surface area contributed by atoms with Gasteiger partial charge in [-0.15, -0.1) is 48.1 Å². The normalized spacial score (nSPS) is 13.2. The molecule has 0 saturated carbocycles. The van der Waals surface area contributed by atoms with Gasteiger partial charge in [-0.3, -0.25) is 0 Å². The number of rotatable bonds is 8. The summed E-state index contributed by atoms with van der Waals surface area (Å²) in [5, 5.41) is 3.65. The number of benzene rings is 7. The Bertz CT molecular complexity index is 3370. The summed E-state index contributed by atoms with van der Waals surface area (Å²) in [6.45, 7) is 30.0. The Balaban J connectivity index is 0.00000608. The van der Waals surface area contributed by atoms with Gasteiger partial charge in [-0.2, -0.15) is 12.1 Å². The molecule has 1 aliphatic rings. The monoisotopic (exact) mass is 1110 g/mol. The molecule has 0 atom stereocenters. The van der Waals surface area contributed by atoms with Gasteiger partial charge < -0.3 is 19.1 Å². The number of fused-ring (bicyclic) bond motifs is 4. The van der Waals surface area contributed by atoms with E-state index >= 15 is 0 Å². The molecule has 0 spiro atoms. The van der Waals surface area contributed by atoms with Gasteiger partial charge in [0.15, 0.2) is 0 Å². The summed E-state index contributed by atoms with van der Waals surface area (Å²) in [4.78, 5) is 9.60. The number of nitrogens with zero attached hydrogens (tertiary/aromatic N) is 4. The molecule has 10 rings (SSSR count). The second-order valence-electron chi connectivity index (χ2n) is 22.8. The van der Waals surface area contributed by atoms with Crippen LogP contribution in [0.3, 0.4) is 0 Å². The average molecular weight is 1120 g/mol. The van der Waals surface area contributed by atoms with Gasteiger partial charge in [-0.25, -0.2) is 4.98 Å². The molecular formula is C63H63N4OPtSi-3. The molecule has 0 saturated heterocycles. The minimum Gasteiger partial charge on any atom is -0.509 e. The molecule has 358 valence electrons. The zero-order chi connectivity index (χ0) is 48.6. The second kappa shape index (κ2) is 18.2. The van der Waals surface area contributed by atoms with Gasteiger partial charge in [0, 0.05) is 66.9 Å². The van der Waals surface area contributed by atoms with Crippen LogP contribution in [-0.4, -0.2) is 17.6 Å². The molecule has 7 aromatic carbocycles. The zero-order valence-corrected chi connectivity index (χ0v) is 45.9. The number of pyridine rings is 1. The molecule has 7 heteroatoms. The summed E-state index contributed by atoms with van der Waals surface area (Å²) in [6, 6.07) is 62.3. The van der Waals surface area contributed by atoms with Crippen LogP contribution in [0.1, 0.15) is 79.0 Å². The number of anilines is 4. The molecule has 0 aliphatic carbocycles. The van der Waals surface area contributed by atoms with E-state index in [0.717, 1.165) is 55.9 Å². The van der Waals surface area contributed by atoms with E-state index in [1.165, 1.54) is 38.6 Å². The van der Waals surface area contributed by atoms with E-state index in [0.29, 0.717) is 11.5 Å². The Morgan fingerprint density at radius 2 is 1.21 bits per heavy atom. The Kier molecular flexibility index (Phi) is 12.7. The molecular weight excluding hydrogens is 1050 g/mol. The van der Waals surface area contributed by atoms with Crippen LogP contribution in [0, 0.1) is 18.8 Å². The minimum atomic E-state index is -1.59. The topological polar surface area (TPSA) is 33.5 Å². The van der Waals surface area contributed by atoms with Gasteiger partial charge in [0.1, 0.15) is 5.82 Å². The first-order valence-electron chi connectivity index (χ1n) is 24.3. The number of ether oxygens (including phenoxy) is 1. The van der Waals surface area contributed by atoms with Gasteiger partial charge in [0.2, 0.25) is 0 Å². The Morgan fingerprint density at radius 1 is 0.543 bits per heavy atom. The molecule has 9 aromatic rings. The molecule has 0 N–H and O–H groups in total.